The summed E-state index contributed by atoms with van der Waals surface area (Å²) in [6, 6.07) is 15.4. The highest BCUT2D eigenvalue weighted by molar-refractivity contribution is 5.85. The minimum absolute atomic E-state index is 0.214. The van der Waals surface area contributed by atoms with E-state index < -0.39 is 0 Å². The molecule has 0 aliphatic carbocycles. The maximum Gasteiger partial charge on any atom is 0.331 e. The summed E-state index contributed by atoms with van der Waals surface area (Å²) in [7, 11) is 0. The lowest BCUT2D eigenvalue weighted by molar-refractivity contribution is -0.940. The summed E-state index contributed by atoms with van der Waals surface area (Å²) in [6.07, 6.45) is 12.1. The van der Waals surface area contributed by atoms with Crippen molar-refractivity contribution in [3.8, 4) is 0 Å². The van der Waals surface area contributed by atoms with E-state index in [1.54, 1.807) is 11.0 Å². The predicted molar refractivity (Wildman–Crippen MR) is 119 cm³/mol. The second-order valence-corrected chi connectivity index (χ2v) is 8.62. The average Bonchev–Trinajstić information content (AvgIpc) is 2.76. The third kappa shape index (κ3) is 5.16. The van der Waals surface area contributed by atoms with Crippen LogP contribution in [0.5, 0.6) is 0 Å². The third-order valence-electron chi connectivity index (χ3n) is 6.53. The van der Waals surface area contributed by atoms with Crippen LogP contribution in [0.25, 0.3) is 16.8 Å². The van der Waals surface area contributed by atoms with Crippen molar-refractivity contribution in [1.82, 2.24) is 0 Å². The van der Waals surface area contributed by atoms with Crippen LogP contribution < -0.4 is 4.90 Å². The van der Waals surface area contributed by atoms with Gasteiger partial charge in [-0.2, -0.15) is 0 Å². The summed E-state index contributed by atoms with van der Waals surface area (Å²) in [5, 5.41) is 2.46. The molecule has 0 spiro atoms. The van der Waals surface area contributed by atoms with E-state index in [1.165, 1.54) is 56.0 Å². The van der Waals surface area contributed by atoms with E-state index in [4.69, 9.17) is 4.74 Å². The van der Waals surface area contributed by atoms with E-state index in [0.717, 1.165) is 11.1 Å². The molecule has 0 bridgehead atoms. The molecule has 0 saturated carbocycles. The first kappa shape index (κ1) is 19.9. The summed E-state index contributed by atoms with van der Waals surface area (Å²) < 4.78 is 5.65. The molecule has 4 rings (SSSR count). The lowest BCUT2D eigenvalue weighted by Crippen LogP contribution is -3.18. The quantitative estimate of drug-likeness (QED) is 0.471. The zero-order valence-electron chi connectivity index (χ0n) is 17.4. The normalized spacial score (nSPS) is 25.1. The molecule has 2 heterocycles. The Morgan fingerprint density at radius 2 is 1.90 bits per heavy atom. The number of rotatable bonds is 5. The van der Waals surface area contributed by atoms with Crippen molar-refractivity contribution in [2.75, 3.05) is 19.7 Å². The molecular formula is C26H32NO2+. The molecule has 2 fully saturated rings. The fraction of sp³-hybridized carbons (Fsp3) is 0.423. The van der Waals surface area contributed by atoms with Gasteiger partial charge in [-0.3, -0.25) is 0 Å². The molecule has 2 aliphatic rings. The van der Waals surface area contributed by atoms with Crippen LogP contribution in [0.15, 0.2) is 60.2 Å². The predicted octanol–water partition coefficient (Wildman–Crippen LogP) is 4.19. The molecule has 2 saturated heterocycles. The number of ether oxygens (including phenoxy) is 1. The Bertz CT molecular complexity index is 912. The third-order valence-corrected chi connectivity index (χ3v) is 6.53. The Morgan fingerprint density at radius 3 is 2.79 bits per heavy atom. The van der Waals surface area contributed by atoms with Crippen molar-refractivity contribution >= 4 is 22.8 Å². The molecule has 0 amide bonds. The molecule has 1 N–H and O–H groups in total. The maximum atomic E-state index is 12.3. The SMILES string of the molecule is CC(=C/C(=O)OC[C@H]1CCC[NH+]2CCCC[C@H]12)/C=C/c1ccc2ccccc2c1. The number of benzene rings is 2. The lowest BCUT2D eigenvalue weighted by Gasteiger charge is -2.40. The van der Waals surface area contributed by atoms with E-state index in [-0.39, 0.29) is 5.97 Å². The van der Waals surface area contributed by atoms with Gasteiger partial charge >= 0.3 is 5.97 Å². The molecule has 152 valence electrons. The minimum Gasteiger partial charge on any atom is -0.462 e. The highest BCUT2D eigenvalue weighted by Gasteiger charge is 2.36. The van der Waals surface area contributed by atoms with Gasteiger partial charge in [-0.1, -0.05) is 48.6 Å². The number of hydrogen-bond acceptors (Lipinski definition) is 2. The van der Waals surface area contributed by atoms with E-state index >= 15 is 0 Å². The van der Waals surface area contributed by atoms with Crippen LogP contribution in [-0.4, -0.2) is 31.7 Å². The summed E-state index contributed by atoms with van der Waals surface area (Å²) in [5.74, 6) is 0.318. The summed E-state index contributed by atoms with van der Waals surface area (Å²) >= 11 is 0. The van der Waals surface area contributed by atoms with Gasteiger partial charge < -0.3 is 9.64 Å². The first-order chi connectivity index (χ1) is 14.2. The highest BCUT2D eigenvalue weighted by Crippen LogP contribution is 2.21. The second-order valence-electron chi connectivity index (χ2n) is 8.62. The molecule has 2 aromatic carbocycles. The van der Waals surface area contributed by atoms with Gasteiger partial charge in [-0.25, -0.2) is 4.79 Å². The first-order valence-electron chi connectivity index (χ1n) is 11.1. The molecule has 0 aromatic heterocycles. The number of quaternary nitrogens is 1. The minimum atomic E-state index is -0.214. The fourth-order valence-corrected chi connectivity index (χ4v) is 4.98. The Morgan fingerprint density at radius 1 is 1.07 bits per heavy atom. The van der Waals surface area contributed by atoms with Gasteiger partial charge in [0.1, 0.15) is 6.61 Å². The number of nitrogens with one attached hydrogen (secondary N) is 1. The van der Waals surface area contributed by atoms with Gasteiger partial charge in [0.25, 0.3) is 0 Å². The molecule has 2 aromatic rings. The van der Waals surface area contributed by atoms with Crippen molar-refractivity contribution in [3.63, 3.8) is 0 Å². The summed E-state index contributed by atoms with van der Waals surface area (Å²) in [4.78, 5) is 14.0. The zero-order chi connectivity index (χ0) is 20.1. The van der Waals surface area contributed by atoms with Crippen molar-refractivity contribution < 1.29 is 14.4 Å². The van der Waals surface area contributed by atoms with E-state index in [2.05, 4.69) is 48.5 Å². The first-order valence-corrected chi connectivity index (χ1v) is 11.1. The van der Waals surface area contributed by atoms with Crippen molar-refractivity contribution in [1.29, 1.82) is 0 Å². The van der Waals surface area contributed by atoms with E-state index in [1.807, 2.05) is 13.0 Å². The Labute approximate surface area is 174 Å². The maximum absolute atomic E-state index is 12.3. The topological polar surface area (TPSA) is 30.7 Å². The second kappa shape index (κ2) is 9.41. The Hall–Kier alpha value is -2.39. The van der Waals surface area contributed by atoms with Gasteiger partial charge in [0.05, 0.1) is 19.1 Å². The molecule has 2 aliphatic heterocycles. The van der Waals surface area contributed by atoms with Crippen LogP contribution in [0, 0.1) is 5.92 Å². The van der Waals surface area contributed by atoms with Gasteiger partial charge in [0.15, 0.2) is 0 Å². The summed E-state index contributed by atoms with van der Waals surface area (Å²) in [5.41, 5.74) is 2.05. The molecule has 29 heavy (non-hydrogen) atoms. The number of carbonyl (C=O) groups excluding carboxylic acids is 1. The number of fused-ring (bicyclic) bond motifs is 2. The molecular weight excluding hydrogens is 358 g/mol. The van der Waals surface area contributed by atoms with Crippen molar-refractivity contribution in [2.45, 2.75) is 45.1 Å². The van der Waals surface area contributed by atoms with Gasteiger partial charge in [0.2, 0.25) is 0 Å². The molecule has 1 unspecified atom stereocenters. The Kier molecular flexibility index (Phi) is 6.46. The smallest absolute Gasteiger partial charge is 0.331 e. The fourth-order valence-electron chi connectivity index (χ4n) is 4.98. The zero-order valence-corrected chi connectivity index (χ0v) is 17.4. The molecule has 0 radical (unpaired) electrons. The number of hydrogen-bond donors (Lipinski definition) is 1. The van der Waals surface area contributed by atoms with Crippen LogP contribution in [0.3, 0.4) is 0 Å². The van der Waals surface area contributed by atoms with Gasteiger partial charge in [-0.05, 0) is 67.0 Å². The molecule has 3 atom stereocenters. The van der Waals surface area contributed by atoms with Crippen LogP contribution in [0.1, 0.15) is 44.6 Å². The van der Waals surface area contributed by atoms with Crippen LogP contribution in [-0.2, 0) is 9.53 Å². The van der Waals surface area contributed by atoms with Crippen LogP contribution in [0.2, 0.25) is 0 Å². The largest absolute Gasteiger partial charge is 0.462 e. The highest BCUT2D eigenvalue weighted by atomic mass is 16.5. The number of carbonyl (C=O) groups is 1. The van der Waals surface area contributed by atoms with Crippen LogP contribution >= 0.6 is 0 Å². The number of piperidine rings is 2. The average molecular weight is 391 g/mol. The Balaban J connectivity index is 1.32. The van der Waals surface area contributed by atoms with Crippen molar-refractivity contribution in [3.05, 3.63) is 65.8 Å². The molecule has 3 heteroatoms. The van der Waals surface area contributed by atoms with Crippen LogP contribution in [0.4, 0.5) is 0 Å². The number of allylic oxidation sites excluding steroid dienone is 2. The van der Waals surface area contributed by atoms with Crippen molar-refractivity contribution in [2.24, 2.45) is 5.92 Å². The number of esters is 1. The lowest BCUT2D eigenvalue weighted by atomic mass is 9.84. The van der Waals surface area contributed by atoms with E-state index in [0.29, 0.717) is 18.6 Å². The standard InChI is InChI=1S/C26H31NO2/c1-20(11-12-21-13-14-22-7-2-3-8-23(22)18-21)17-26(28)29-19-24-9-6-16-27-15-5-4-10-25(24)27/h2-3,7-8,11-14,17-18,24-25H,4-6,9-10,15-16,19H2,1H3/p+1/b12-11+,20-17-/t24-,25-/m1/s1. The van der Waals surface area contributed by atoms with Gasteiger partial charge in [-0.15, -0.1) is 0 Å². The van der Waals surface area contributed by atoms with E-state index in [9.17, 15) is 4.79 Å². The van der Waals surface area contributed by atoms with Gasteiger partial charge in [0, 0.05) is 12.0 Å². The summed E-state index contributed by atoms with van der Waals surface area (Å²) in [6.45, 7) is 5.12. The molecule has 3 nitrogen and oxygen atoms in total. The monoisotopic (exact) mass is 390 g/mol.